The highest BCUT2D eigenvalue weighted by Gasteiger charge is 2.26. The fourth-order valence-corrected chi connectivity index (χ4v) is 2.03. The summed E-state index contributed by atoms with van der Waals surface area (Å²) in [5.74, 6) is 0.268. The molecule has 0 radical (unpaired) electrons. The molecule has 2 rings (SSSR count). The van der Waals surface area contributed by atoms with Gasteiger partial charge in [0.05, 0.1) is 7.11 Å². The molecule has 1 N–H and O–H groups in total. The third kappa shape index (κ3) is 3.45. The van der Waals surface area contributed by atoms with E-state index in [4.69, 9.17) is 14.2 Å². The van der Waals surface area contributed by atoms with Gasteiger partial charge in [-0.1, -0.05) is 13.8 Å². The number of ether oxygens (including phenoxy) is 3. The third-order valence-electron chi connectivity index (χ3n) is 3.21. The minimum absolute atomic E-state index is 0.0707. The molecule has 0 aromatic heterocycles. The Kier molecular flexibility index (Phi) is 4.67. The lowest BCUT2D eigenvalue weighted by molar-refractivity contribution is -0.144. The van der Waals surface area contributed by atoms with Gasteiger partial charge in [0.15, 0.2) is 11.5 Å². The minimum atomic E-state index is -0.685. The van der Waals surface area contributed by atoms with Crippen molar-refractivity contribution in [2.45, 2.75) is 19.9 Å². The first-order valence-electron chi connectivity index (χ1n) is 6.81. The lowest BCUT2D eigenvalue weighted by Crippen LogP contribution is -2.45. The lowest BCUT2D eigenvalue weighted by atomic mass is 10.0. The van der Waals surface area contributed by atoms with Crippen molar-refractivity contribution < 1.29 is 23.8 Å². The molecule has 0 bridgehead atoms. The van der Waals surface area contributed by atoms with Crippen LogP contribution in [0, 0.1) is 5.92 Å². The van der Waals surface area contributed by atoms with E-state index >= 15 is 0 Å². The fraction of sp³-hybridized carbons (Fsp3) is 0.467. The van der Waals surface area contributed by atoms with E-state index in [1.54, 1.807) is 18.2 Å². The molecule has 1 atom stereocenters. The van der Waals surface area contributed by atoms with Gasteiger partial charge >= 0.3 is 5.97 Å². The zero-order valence-electron chi connectivity index (χ0n) is 12.3. The largest absolute Gasteiger partial charge is 0.486 e. The molecule has 0 fully saturated rings. The van der Waals surface area contributed by atoms with Gasteiger partial charge < -0.3 is 19.5 Å². The quantitative estimate of drug-likeness (QED) is 0.849. The maximum atomic E-state index is 12.3. The fourth-order valence-electron chi connectivity index (χ4n) is 2.03. The van der Waals surface area contributed by atoms with Crippen LogP contribution in [-0.2, 0) is 9.53 Å². The van der Waals surface area contributed by atoms with E-state index in [0.717, 1.165) is 0 Å². The summed E-state index contributed by atoms with van der Waals surface area (Å²) >= 11 is 0. The van der Waals surface area contributed by atoms with Crippen LogP contribution in [0.5, 0.6) is 11.5 Å². The zero-order valence-corrected chi connectivity index (χ0v) is 12.3. The van der Waals surface area contributed by atoms with Gasteiger partial charge in [0.25, 0.3) is 5.91 Å². The number of nitrogens with one attached hydrogen (secondary N) is 1. The number of amides is 1. The van der Waals surface area contributed by atoms with Crippen molar-refractivity contribution in [2.24, 2.45) is 5.92 Å². The van der Waals surface area contributed by atoms with Crippen LogP contribution in [-0.4, -0.2) is 38.2 Å². The number of rotatable bonds is 4. The standard InChI is InChI=1S/C15H19NO5/c1-9(2)13(15(18)19-3)16-14(17)10-4-5-11-12(8-10)21-7-6-20-11/h4-5,8-9,13H,6-7H2,1-3H3,(H,16,17)/t13-/m0/s1. The molecule has 0 spiro atoms. The zero-order chi connectivity index (χ0) is 15.4. The van der Waals surface area contributed by atoms with Crippen LogP contribution in [0.25, 0.3) is 0 Å². The summed E-state index contributed by atoms with van der Waals surface area (Å²) in [6, 6.07) is 4.25. The molecule has 1 aromatic carbocycles. The lowest BCUT2D eigenvalue weighted by Gasteiger charge is -2.21. The van der Waals surface area contributed by atoms with Crippen LogP contribution >= 0.6 is 0 Å². The first kappa shape index (κ1) is 15.2. The average Bonchev–Trinajstić information content (AvgIpc) is 2.50. The van der Waals surface area contributed by atoms with Crippen molar-refractivity contribution in [3.05, 3.63) is 23.8 Å². The van der Waals surface area contributed by atoms with Crippen molar-refractivity contribution in [1.29, 1.82) is 0 Å². The third-order valence-corrected chi connectivity index (χ3v) is 3.21. The molecule has 21 heavy (non-hydrogen) atoms. The van der Waals surface area contributed by atoms with E-state index in [0.29, 0.717) is 30.3 Å². The molecule has 114 valence electrons. The van der Waals surface area contributed by atoms with Gasteiger partial charge in [-0.05, 0) is 24.1 Å². The molecule has 0 saturated heterocycles. The Morgan fingerprint density at radius 2 is 1.86 bits per heavy atom. The van der Waals surface area contributed by atoms with Gasteiger partial charge in [-0.3, -0.25) is 4.79 Å². The van der Waals surface area contributed by atoms with Crippen LogP contribution in [0.15, 0.2) is 18.2 Å². The van der Waals surface area contributed by atoms with Crippen LogP contribution in [0.3, 0.4) is 0 Å². The number of methoxy groups -OCH3 is 1. The normalized spacial score (nSPS) is 14.5. The number of fused-ring (bicyclic) bond motifs is 1. The van der Waals surface area contributed by atoms with Gasteiger partial charge in [-0.2, -0.15) is 0 Å². The second-order valence-corrected chi connectivity index (χ2v) is 5.08. The van der Waals surface area contributed by atoms with Crippen LogP contribution in [0.2, 0.25) is 0 Å². The molecule has 1 aromatic rings. The van der Waals surface area contributed by atoms with E-state index < -0.39 is 12.0 Å². The minimum Gasteiger partial charge on any atom is -0.486 e. The van der Waals surface area contributed by atoms with Crippen LogP contribution in [0.4, 0.5) is 0 Å². The molecule has 0 saturated carbocycles. The Hall–Kier alpha value is -2.24. The summed E-state index contributed by atoms with van der Waals surface area (Å²) in [6.07, 6.45) is 0. The molecule has 1 aliphatic rings. The van der Waals surface area contributed by atoms with E-state index in [1.165, 1.54) is 7.11 Å². The van der Waals surface area contributed by atoms with Gasteiger partial charge in [0, 0.05) is 5.56 Å². The summed E-state index contributed by atoms with van der Waals surface area (Å²) in [4.78, 5) is 23.9. The maximum absolute atomic E-state index is 12.3. The molecule has 1 aliphatic heterocycles. The number of carbonyl (C=O) groups excluding carboxylic acids is 2. The van der Waals surface area contributed by atoms with Crippen LogP contribution in [0.1, 0.15) is 24.2 Å². The molecule has 1 amide bonds. The molecule has 6 heteroatoms. The first-order valence-corrected chi connectivity index (χ1v) is 6.81. The monoisotopic (exact) mass is 293 g/mol. The highest BCUT2D eigenvalue weighted by atomic mass is 16.6. The van der Waals surface area contributed by atoms with Gasteiger partial charge in [0.1, 0.15) is 19.3 Å². The van der Waals surface area contributed by atoms with Crippen molar-refractivity contribution in [3.8, 4) is 11.5 Å². The topological polar surface area (TPSA) is 73.9 Å². The summed E-state index contributed by atoms with van der Waals surface area (Å²) in [7, 11) is 1.30. The number of carbonyl (C=O) groups is 2. The molecular formula is C15H19NO5. The molecule has 1 heterocycles. The second-order valence-electron chi connectivity index (χ2n) is 5.08. The Bertz CT molecular complexity index is 541. The first-order chi connectivity index (χ1) is 10.0. The van der Waals surface area contributed by atoms with E-state index in [9.17, 15) is 9.59 Å². The Morgan fingerprint density at radius 1 is 1.19 bits per heavy atom. The summed E-state index contributed by atoms with van der Waals surface area (Å²) in [5, 5.41) is 2.68. The maximum Gasteiger partial charge on any atom is 0.328 e. The highest BCUT2D eigenvalue weighted by Crippen LogP contribution is 2.30. The SMILES string of the molecule is COC(=O)[C@@H](NC(=O)c1ccc2c(c1)OCCO2)C(C)C. The van der Waals surface area contributed by atoms with Gasteiger partial charge in [0.2, 0.25) is 0 Å². The highest BCUT2D eigenvalue weighted by molar-refractivity contribution is 5.97. The number of hydrogen-bond donors (Lipinski definition) is 1. The predicted molar refractivity (Wildman–Crippen MR) is 75.5 cm³/mol. The van der Waals surface area contributed by atoms with E-state index in [-0.39, 0.29) is 11.8 Å². The summed E-state index contributed by atoms with van der Waals surface area (Å²) in [6.45, 7) is 4.63. The molecule has 0 aliphatic carbocycles. The second kappa shape index (κ2) is 6.47. The Morgan fingerprint density at radius 3 is 2.48 bits per heavy atom. The number of hydrogen-bond acceptors (Lipinski definition) is 5. The van der Waals surface area contributed by atoms with E-state index in [2.05, 4.69) is 5.32 Å². The smallest absolute Gasteiger partial charge is 0.328 e. The molecule has 6 nitrogen and oxygen atoms in total. The predicted octanol–water partition coefficient (Wildman–Crippen LogP) is 1.39. The van der Waals surface area contributed by atoms with Crippen molar-refractivity contribution in [2.75, 3.05) is 20.3 Å². The Balaban J connectivity index is 2.14. The number of esters is 1. The van der Waals surface area contributed by atoms with Gasteiger partial charge in [-0.15, -0.1) is 0 Å². The summed E-state index contributed by atoms with van der Waals surface area (Å²) < 4.78 is 15.5. The summed E-state index contributed by atoms with van der Waals surface area (Å²) in [5.41, 5.74) is 0.411. The van der Waals surface area contributed by atoms with Crippen molar-refractivity contribution >= 4 is 11.9 Å². The van der Waals surface area contributed by atoms with Crippen molar-refractivity contribution in [3.63, 3.8) is 0 Å². The van der Waals surface area contributed by atoms with Crippen LogP contribution < -0.4 is 14.8 Å². The Labute approximate surface area is 123 Å². The molecular weight excluding hydrogens is 274 g/mol. The number of benzene rings is 1. The van der Waals surface area contributed by atoms with Gasteiger partial charge in [-0.25, -0.2) is 4.79 Å². The van der Waals surface area contributed by atoms with E-state index in [1.807, 2.05) is 13.8 Å². The van der Waals surface area contributed by atoms with Crippen molar-refractivity contribution in [1.82, 2.24) is 5.32 Å². The molecule has 0 unspecified atom stereocenters. The average molecular weight is 293 g/mol.